The monoisotopic (exact) mass is 338 g/mol. The normalized spacial score (nSPS) is 14.7. The van der Waals surface area contributed by atoms with Crippen molar-refractivity contribution in [1.82, 2.24) is 5.32 Å². The molecule has 3 rings (SSSR count). The van der Waals surface area contributed by atoms with Gasteiger partial charge in [0.15, 0.2) is 0 Å². The number of anilines is 1. The van der Waals surface area contributed by atoms with Crippen LogP contribution >= 0.6 is 0 Å². The third-order valence-electron chi connectivity index (χ3n) is 5.01. The molecule has 4 heteroatoms. The fourth-order valence-corrected chi connectivity index (χ4v) is 3.24. The van der Waals surface area contributed by atoms with Crippen LogP contribution in [-0.4, -0.2) is 26.2 Å². The van der Waals surface area contributed by atoms with Crippen LogP contribution in [0, 0.1) is 6.92 Å². The van der Waals surface area contributed by atoms with Crippen molar-refractivity contribution in [1.29, 1.82) is 0 Å². The molecular weight excluding hydrogens is 312 g/mol. The molecule has 0 radical (unpaired) electrons. The first-order valence-electron chi connectivity index (χ1n) is 8.84. The lowest BCUT2D eigenvalue weighted by Crippen LogP contribution is -2.43. The number of carbonyl (C=O) groups is 1. The molecule has 0 aromatic heterocycles. The summed E-state index contributed by atoms with van der Waals surface area (Å²) in [5, 5.41) is 3.14. The minimum absolute atomic E-state index is 0.0344. The van der Waals surface area contributed by atoms with Crippen molar-refractivity contribution in [3.63, 3.8) is 0 Å². The number of aryl methyl sites for hydroxylation is 1. The first-order valence-corrected chi connectivity index (χ1v) is 8.84. The Bertz CT molecular complexity index is 736. The van der Waals surface area contributed by atoms with Crippen molar-refractivity contribution >= 4 is 11.7 Å². The van der Waals surface area contributed by atoms with Crippen LogP contribution < -0.4 is 15.0 Å². The Kier molecular flexibility index (Phi) is 4.98. The Morgan fingerprint density at radius 3 is 2.48 bits per heavy atom. The van der Waals surface area contributed by atoms with E-state index in [9.17, 15) is 4.79 Å². The summed E-state index contributed by atoms with van der Waals surface area (Å²) in [4.78, 5) is 14.5. The SMILES string of the molecule is CCN(C(=O)NCC1(c2ccc(OC)cc2)CC1)c1cccc(C)c1. The fraction of sp³-hybridized carbons (Fsp3) is 0.381. The van der Waals surface area contributed by atoms with Crippen molar-refractivity contribution < 1.29 is 9.53 Å². The van der Waals surface area contributed by atoms with Gasteiger partial charge in [0.05, 0.1) is 7.11 Å². The third-order valence-corrected chi connectivity index (χ3v) is 5.01. The number of benzene rings is 2. The number of hydrogen-bond donors (Lipinski definition) is 1. The third kappa shape index (κ3) is 3.78. The summed E-state index contributed by atoms with van der Waals surface area (Å²) in [5.41, 5.74) is 3.44. The summed E-state index contributed by atoms with van der Waals surface area (Å²) in [5.74, 6) is 0.861. The van der Waals surface area contributed by atoms with Crippen LogP contribution in [0.25, 0.3) is 0 Å². The first kappa shape index (κ1) is 17.3. The van der Waals surface area contributed by atoms with Crippen molar-refractivity contribution in [3.8, 4) is 5.75 Å². The van der Waals surface area contributed by atoms with Crippen molar-refractivity contribution in [3.05, 3.63) is 59.7 Å². The maximum absolute atomic E-state index is 12.7. The molecule has 4 nitrogen and oxygen atoms in total. The highest BCUT2D eigenvalue weighted by atomic mass is 16.5. The summed E-state index contributed by atoms with van der Waals surface area (Å²) in [6, 6.07) is 16.2. The number of urea groups is 1. The summed E-state index contributed by atoms with van der Waals surface area (Å²) in [6.45, 7) is 5.35. The van der Waals surface area contributed by atoms with E-state index in [0.717, 1.165) is 29.8 Å². The molecule has 1 N–H and O–H groups in total. The molecule has 132 valence electrons. The van der Waals surface area contributed by atoms with Gasteiger partial charge in [0.2, 0.25) is 0 Å². The van der Waals surface area contributed by atoms with Crippen molar-refractivity contribution in [2.24, 2.45) is 0 Å². The molecular formula is C21H26N2O2. The largest absolute Gasteiger partial charge is 0.497 e. The van der Waals surface area contributed by atoms with E-state index in [4.69, 9.17) is 4.74 Å². The van der Waals surface area contributed by atoms with Gasteiger partial charge in [-0.25, -0.2) is 4.79 Å². The molecule has 0 heterocycles. The molecule has 1 saturated carbocycles. The quantitative estimate of drug-likeness (QED) is 0.854. The zero-order valence-corrected chi connectivity index (χ0v) is 15.2. The Morgan fingerprint density at radius 2 is 1.92 bits per heavy atom. The zero-order valence-electron chi connectivity index (χ0n) is 15.2. The predicted octanol–water partition coefficient (Wildman–Crippen LogP) is 4.27. The first-order chi connectivity index (χ1) is 12.1. The van der Waals surface area contributed by atoms with Gasteiger partial charge in [-0.05, 0) is 62.1 Å². The van der Waals surface area contributed by atoms with Crippen LogP contribution in [0.2, 0.25) is 0 Å². The minimum atomic E-state index is -0.0344. The average Bonchev–Trinajstić information content (AvgIpc) is 3.42. The number of nitrogens with zero attached hydrogens (tertiary/aromatic N) is 1. The van der Waals surface area contributed by atoms with Crippen LogP contribution in [0.3, 0.4) is 0 Å². The van der Waals surface area contributed by atoms with E-state index in [2.05, 4.69) is 17.4 Å². The molecule has 0 spiro atoms. The highest BCUT2D eigenvalue weighted by Gasteiger charge is 2.44. The van der Waals surface area contributed by atoms with E-state index >= 15 is 0 Å². The lowest BCUT2D eigenvalue weighted by Gasteiger charge is -2.24. The van der Waals surface area contributed by atoms with Gasteiger partial charge in [-0.1, -0.05) is 24.3 Å². The highest BCUT2D eigenvalue weighted by Crippen LogP contribution is 2.47. The summed E-state index contributed by atoms with van der Waals surface area (Å²) in [6.07, 6.45) is 2.21. The Labute approximate surface area is 149 Å². The van der Waals surface area contributed by atoms with Crippen LogP contribution in [0.15, 0.2) is 48.5 Å². The van der Waals surface area contributed by atoms with E-state index in [1.54, 1.807) is 12.0 Å². The number of nitrogens with one attached hydrogen (secondary N) is 1. The molecule has 0 saturated heterocycles. The van der Waals surface area contributed by atoms with Crippen LogP contribution in [0.4, 0.5) is 10.5 Å². The molecule has 2 aromatic rings. The second kappa shape index (κ2) is 7.18. The minimum Gasteiger partial charge on any atom is -0.497 e. The molecule has 0 unspecified atom stereocenters. The molecule has 25 heavy (non-hydrogen) atoms. The van der Waals surface area contributed by atoms with Gasteiger partial charge >= 0.3 is 6.03 Å². The second-order valence-electron chi connectivity index (χ2n) is 6.75. The predicted molar refractivity (Wildman–Crippen MR) is 102 cm³/mol. The van der Waals surface area contributed by atoms with E-state index in [0.29, 0.717) is 13.1 Å². The molecule has 0 atom stereocenters. The van der Waals surface area contributed by atoms with Gasteiger partial charge < -0.3 is 10.1 Å². The van der Waals surface area contributed by atoms with Crippen LogP contribution in [-0.2, 0) is 5.41 Å². The van der Waals surface area contributed by atoms with Gasteiger partial charge in [-0.15, -0.1) is 0 Å². The maximum Gasteiger partial charge on any atom is 0.321 e. The lowest BCUT2D eigenvalue weighted by atomic mass is 9.96. The molecule has 1 aliphatic rings. The number of methoxy groups -OCH3 is 1. The van der Waals surface area contributed by atoms with Gasteiger partial charge in [0.1, 0.15) is 5.75 Å². The van der Waals surface area contributed by atoms with Crippen LogP contribution in [0.1, 0.15) is 30.9 Å². The Balaban J connectivity index is 1.66. The van der Waals surface area contributed by atoms with E-state index in [-0.39, 0.29) is 11.4 Å². The lowest BCUT2D eigenvalue weighted by molar-refractivity contribution is 0.245. The number of ether oxygens (including phenoxy) is 1. The summed E-state index contributed by atoms with van der Waals surface area (Å²) >= 11 is 0. The molecule has 1 fully saturated rings. The molecule has 2 amide bonds. The number of carbonyl (C=O) groups excluding carboxylic acids is 1. The van der Waals surface area contributed by atoms with Gasteiger partial charge in [-0.3, -0.25) is 4.90 Å². The van der Waals surface area contributed by atoms with Crippen molar-refractivity contribution in [2.45, 2.75) is 32.1 Å². The second-order valence-corrected chi connectivity index (χ2v) is 6.75. The number of hydrogen-bond acceptors (Lipinski definition) is 2. The topological polar surface area (TPSA) is 41.6 Å². The number of rotatable bonds is 6. The number of amides is 2. The average molecular weight is 338 g/mol. The highest BCUT2D eigenvalue weighted by molar-refractivity contribution is 5.92. The fourth-order valence-electron chi connectivity index (χ4n) is 3.24. The van der Waals surface area contributed by atoms with E-state index in [1.165, 1.54) is 5.56 Å². The standard InChI is InChI=1S/C21H26N2O2/c1-4-23(18-7-5-6-16(2)14-18)20(24)22-15-21(12-13-21)17-8-10-19(25-3)11-9-17/h5-11,14H,4,12-13,15H2,1-3H3,(H,22,24). The zero-order chi connectivity index (χ0) is 17.9. The van der Waals surface area contributed by atoms with Gasteiger partial charge in [0, 0.05) is 24.2 Å². The smallest absolute Gasteiger partial charge is 0.321 e. The van der Waals surface area contributed by atoms with Gasteiger partial charge in [0.25, 0.3) is 0 Å². The summed E-state index contributed by atoms with van der Waals surface area (Å²) in [7, 11) is 1.67. The Hall–Kier alpha value is -2.49. The summed E-state index contributed by atoms with van der Waals surface area (Å²) < 4.78 is 5.23. The van der Waals surface area contributed by atoms with E-state index < -0.39 is 0 Å². The maximum atomic E-state index is 12.7. The molecule has 0 bridgehead atoms. The molecule has 1 aliphatic carbocycles. The molecule has 0 aliphatic heterocycles. The Morgan fingerprint density at radius 1 is 1.20 bits per heavy atom. The van der Waals surface area contributed by atoms with Crippen LogP contribution in [0.5, 0.6) is 5.75 Å². The molecule has 2 aromatic carbocycles. The van der Waals surface area contributed by atoms with E-state index in [1.807, 2.05) is 50.2 Å². The van der Waals surface area contributed by atoms with Gasteiger partial charge in [-0.2, -0.15) is 0 Å². The van der Waals surface area contributed by atoms with Crippen molar-refractivity contribution in [2.75, 3.05) is 25.1 Å².